The summed E-state index contributed by atoms with van der Waals surface area (Å²) in [7, 11) is -3.49. The van der Waals surface area contributed by atoms with Crippen molar-refractivity contribution >= 4 is 33.2 Å². The van der Waals surface area contributed by atoms with Gasteiger partial charge in [-0.1, -0.05) is 12.1 Å². The number of fused-ring (bicyclic) bond motifs is 1. The van der Waals surface area contributed by atoms with Gasteiger partial charge in [0.05, 0.1) is 4.90 Å². The maximum absolute atomic E-state index is 13.0. The molecular formula is C15H20ClN3O2S. The highest BCUT2D eigenvalue weighted by Gasteiger charge is 2.32. The molecule has 0 radical (unpaired) electrons. The van der Waals surface area contributed by atoms with E-state index >= 15 is 0 Å². The zero-order chi connectivity index (χ0) is 15.0. The Morgan fingerprint density at radius 3 is 2.82 bits per heavy atom. The molecule has 2 aromatic rings. The Balaban J connectivity index is 0.00000176. The van der Waals surface area contributed by atoms with E-state index in [1.807, 2.05) is 19.9 Å². The van der Waals surface area contributed by atoms with Gasteiger partial charge in [-0.15, -0.1) is 12.4 Å². The number of sulfonamides is 1. The van der Waals surface area contributed by atoms with Gasteiger partial charge in [0.1, 0.15) is 0 Å². The summed E-state index contributed by atoms with van der Waals surface area (Å²) >= 11 is 0. The highest BCUT2D eigenvalue weighted by Crippen LogP contribution is 2.28. The van der Waals surface area contributed by atoms with E-state index in [0.717, 1.165) is 16.3 Å². The largest absolute Gasteiger partial charge is 0.314 e. The van der Waals surface area contributed by atoms with Gasteiger partial charge in [-0.05, 0) is 25.5 Å². The molecule has 0 unspecified atom stereocenters. The first kappa shape index (κ1) is 17.1. The number of benzene rings is 1. The lowest BCUT2D eigenvalue weighted by Crippen LogP contribution is -2.52. The van der Waals surface area contributed by atoms with Crippen LogP contribution in [-0.2, 0) is 10.0 Å². The first-order valence-corrected chi connectivity index (χ1v) is 8.51. The van der Waals surface area contributed by atoms with Gasteiger partial charge in [-0.3, -0.25) is 4.98 Å². The molecule has 3 rings (SSSR count). The molecule has 1 aliphatic rings. The number of halogens is 1. The van der Waals surface area contributed by atoms with Gasteiger partial charge >= 0.3 is 0 Å². The molecule has 0 aliphatic carbocycles. The zero-order valence-corrected chi connectivity index (χ0v) is 14.2. The van der Waals surface area contributed by atoms with Crippen molar-refractivity contribution in [3.63, 3.8) is 0 Å². The van der Waals surface area contributed by atoms with Crippen molar-refractivity contribution in [2.24, 2.45) is 0 Å². The van der Waals surface area contributed by atoms with Crippen LogP contribution in [-0.4, -0.2) is 43.4 Å². The quantitative estimate of drug-likeness (QED) is 0.907. The Hall–Kier alpha value is -1.21. The predicted octanol–water partition coefficient (Wildman–Crippen LogP) is 1.95. The van der Waals surface area contributed by atoms with Gasteiger partial charge in [-0.25, -0.2) is 8.42 Å². The summed E-state index contributed by atoms with van der Waals surface area (Å²) in [5.41, 5.74) is 0.884. The molecule has 1 aromatic carbocycles. The second kappa shape index (κ2) is 6.50. The van der Waals surface area contributed by atoms with Crippen LogP contribution in [0.2, 0.25) is 0 Å². The molecule has 22 heavy (non-hydrogen) atoms. The van der Waals surface area contributed by atoms with Gasteiger partial charge in [0, 0.05) is 48.8 Å². The van der Waals surface area contributed by atoms with E-state index in [2.05, 4.69) is 10.3 Å². The van der Waals surface area contributed by atoms with E-state index in [0.29, 0.717) is 24.5 Å². The van der Waals surface area contributed by atoms with Gasteiger partial charge in [-0.2, -0.15) is 4.31 Å². The summed E-state index contributed by atoms with van der Waals surface area (Å²) in [6.07, 6.45) is 3.42. The fourth-order valence-electron chi connectivity index (χ4n) is 2.89. The topological polar surface area (TPSA) is 62.3 Å². The van der Waals surface area contributed by atoms with Gasteiger partial charge in [0.25, 0.3) is 0 Å². The number of pyridine rings is 1. The Morgan fingerprint density at radius 1 is 1.32 bits per heavy atom. The fraction of sp³-hybridized carbons (Fsp3) is 0.400. The van der Waals surface area contributed by atoms with Crippen LogP contribution in [0.25, 0.3) is 10.8 Å². The Bertz CT molecular complexity index is 774. The van der Waals surface area contributed by atoms with Crippen molar-refractivity contribution in [1.82, 2.24) is 14.6 Å². The summed E-state index contributed by atoms with van der Waals surface area (Å²) in [6.45, 7) is 5.71. The average Bonchev–Trinajstić information content (AvgIpc) is 2.47. The van der Waals surface area contributed by atoms with Crippen molar-refractivity contribution in [1.29, 1.82) is 0 Å². The van der Waals surface area contributed by atoms with Crippen LogP contribution in [0.1, 0.15) is 12.5 Å². The molecule has 7 heteroatoms. The summed E-state index contributed by atoms with van der Waals surface area (Å²) in [5.74, 6) is 0. The van der Waals surface area contributed by atoms with Crippen LogP contribution in [0.5, 0.6) is 0 Å². The molecule has 0 bridgehead atoms. The highest BCUT2D eigenvalue weighted by molar-refractivity contribution is 7.89. The molecule has 1 aliphatic heterocycles. The Morgan fingerprint density at radius 2 is 2.09 bits per heavy atom. The summed E-state index contributed by atoms with van der Waals surface area (Å²) in [6, 6.07) is 5.33. The number of piperazine rings is 1. The lowest BCUT2D eigenvalue weighted by Gasteiger charge is -2.33. The van der Waals surface area contributed by atoms with Crippen LogP contribution in [0, 0.1) is 6.92 Å². The number of rotatable bonds is 2. The van der Waals surface area contributed by atoms with E-state index in [1.165, 1.54) is 0 Å². The van der Waals surface area contributed by atoms with Crippen LogP contribution in [0.3, 0.4) is 0 Å². The van der Waals surface area contributed by atoms with Gasteiger partial charge < -0.3 is 5.32 Å². The lowest BCUT2D eigenvalue weighted by atomic mass is 10.1. The Kier molecular flexibility index (Phi) is 5.07. The van der Waals surface area contributed by atoms with Crippen LogP contribution < -0.4 is 5.32 Å². The molecule has 0 spiro atoms. The predicted molar refractivity (Wildman–Crippen MR) is 90.0 cm³/mol. The Labute approximate surface area is 137 Å². The van der Waals surface area contributed by atoms with Crippen LogP contribution in [0.4, 0.5) is 0 Å². The molecule has 0 amide bonds. The molecule has 1 N–H and O–H groups in total. The number of aromatic nitrogens is 1. The minimum Gasteiger partial charge on any atom is -0.314 e. The first-order chi connectivity index (χ1) is 10.0. The normalized spacial score (nSPS) is 19.8. The SMILES string of the molecule is Cc1cncc2cccc(S(=O)(=O)N3CCNC[C@H]3C)c12.Cl. The maximum atomic E-state index is 13.0. The number of hydrogen-bond acceptors (Lipinski definition) is 4. The average molecular weight is 342 g/mol. The minimum absolute atomic E-state index is 0. The first-order valence-electron chi connectivity index (χ1n) is 7.07. The summed E-state index contributed by atoms with van der Waals surface area (Å²) in [4.78, 5) is 4.53. The third-order valence-electron chi connectivity index (χ3n) is 3.96. The number of hydrogen-bond donors (Lipinski definition) is 1. The van der Waals surface area contributed by atoms with Crippen molar-refractivity contribution in [2.75, 3.05) is 19.6 Å². The number of nitrogens with one attached hydrogen (secondary N) is 1. The van der Waals surface area contributed by atoms with E-state index in [1.54, 1.807) is 28.8 Å². The number of aryl methyl sites for hydroxylation is 1. The van der Waals surface area contributed by atoms with Crippen LogP contribution >= 0.6 is 12.4 Å². The van der Waals surface area contributed by atoms with Crippen molar-refractivity contribution < 1.29 is 8.42 Å². The molecular weight excluding hydrogens is 322 g/mol. The van der Waals surface area contributed by atoms with Gasteiger partial charge in [0.2, 0.25) is 10.0 Å². The molecule has 1 saturated heterocycles. The third-order valence-corrected chi connectivity index (χ3v) is 6.02. The molecule has 1 atom stereocenters. The fourth-order valence-corrected chi connectivity index (χ4v) is 4.81. The zero-order valence-electron chi connectivity index (χ0n) is 12.6. The second-order valence-electron chi connectivity index (χ2n) is 5.48. The van der Waals surface area contributed by atoms with Crippen molar-refractivity contribution in [2.45, 2.75) is 24.8 Å². The molecule has 120 valence electrons. The molecule has 0 saturated carbocycles. The monoisotopic (exact) mass is 341 g/mol. The van der Waals surface area contributed by atoms with Crippen LogP contribution in [0.15, 0.2) is 35.5 Å². The smallest absolute Gasteiger partial charge is 0.244 e. The summed E-state index contributed by atoms with van der Waals surface area (Å²) < 4.78 is 27.7. The summed E-state index contributed by atoms with van der Waals surface area (Å²) in [5, 5.41) is 4.86. The van der Waals surface area contributed by atoms with E-state index in [9.17, 15) is 8.42 Å². The lowest BCUT2D eigenvalue weighted by molar-refractivity contribution is 0.284. The van der Waals surface area contributed by atoms with Crippen molar-refractivity contribution in [3.05, 3.63) is 36.2 Å². The molecule has 5 nitrogen and oxygen atoms in total. The van der Waals surface area contributed by atoms with Gasteiger partial charge in [0.15, 0.2) is 0 Å². The van der Waals surface area contributed by atoms with E-state index < -0.39 is 10.0 Å². The second-order valence-corrected chi connectivity index (χ2v) is 7.34. The standard InChI is InChI=1S/C15H19N3O2S.ClH/c1-11-8-17-10-13-4-3-5-14(15(11)13)21(19,20)18-7-6-16-9-12(18)2;/h3-5,8,10,12,16H,6-7,9H2,1-2H3;1H/t12-;/m1./s1. The maximum Gasteiger partial charge on any atom is 0.244 e. The van der Waals surface area contributed by atoms with Crippen molar-refractivity contribution in [3.8, 4) is 0 Å². The molecule has 2 heterocycles. The van der Waals surface area contributed by atoms with E-state index in [-0.39, 0.29) is 18.4 Å². The molecule has 1 fully saturated rings. The molecule has 1 aromatic heterocycles. The minimum atomic E-state index is -3.49. The third kappa shape index (κ3) is 2.84. The highest BCUT2D eigenvalue weighted by atomic mass is 35.5. The number of nitrogens with zero attached hydrogens (tertiary/aromatic N) is 2. The van der Waals surface area contributed by atoms with E-state index in [4.69, 9.17) is 0 Å².